The third kappa shape index (κ3) is 3.72. The molecule has 29 heavy (non-hydrogen) atoms. The first-order valence-corrected chi connectivity index (χ1v) is 8.99. The molecule has 0 bridgehead atoms. The molecule has 1 aromatic carbocycles. The van der Waals surface area contributed by atoms with Crippen molar-refractivity contribution in [2.24, 2.45) is 0 Å². The van der Waals surface area contributed by atoms with Gasteiger partial charge in [0.15, 0.2) is 5.69 Å². The predicted molar refractivity (Wildman–Crippen MR) is 95.6 cm³/mol. The smallest absolute Gasteiger partial charge is 0.338 e. The Kier molecular flexibility index (Phi) is 4.81. The number of benzene rings is 1. The lowest BCUT2D eigenvalue weighted by Crippen LogP contribution is -2.31. The van der Waals surface area contributed by atoms with Gasteiger partial charge in [0.05, 0.1) is 11.6 Å². The molecule has 1 amide bonds. The van der Waals surface area contributed by atoms with E-state index in [-0.39, 0.29) is 17.0 Å². The average molecular weight is 404 g/mol. The average Bonchev–Trinajstić information content (AvgIpc) is 3.30. The zero-order chi connectivity index (χ0) is 20.6. The molecule has 2 heterocycles. The van der Waals surface area contributed by atoms with Crippen LogP contribution in [0.4, 0.5) is 17.6 Å². The maximum atomic E-state index is 14.4. The number of carbonyl (C=O) groups is 1. The second kappa shape index (κ2) is 7.31. The summed E-state index contributed by atoms with van der Waals surface area (Å²) in [6.07, 6.45) is -0.734. The first-order chi connectivity index (χ1) is 13.8. The number of nitrogens with zero attached hydrogens (tertiary/aromatic N) is 2. The molecule has 3 aromatic rings. The van der Waals surface area contributed by atoms with Crippen LogP contribution >= 0.6 is 0 Å². The van der Waals surface area contributed by atoms with E-state index >= 15 is 0 Å². The van der Waals surface area contributed by atoms with Gasteiger partial charge in [-0.2, -0.15) is 18.3 Å². The molecule has 1 aliphatic carbocycles. The number of hydrogen-bond donors (Lipinski definition) is 2. The van der Waals surface area contributed by atoms with Crippen molar-refractivity contribution in [1.29, 1.82) is 0 Å². The van der Waals surface area contributed by atoms with Crippen molar-refractivity contribution in [3.05, 3.63) is 82.2 Å². The lowest BCUT2D eigenvalue weighted by atomic mass is 10.0. The Balaban J connectivity index is 1.69. The second-order valence-electron chi connectivity index (χ2n) is 6.78. The summed E-state index contributed by atoms with van der Waals surface area (Å²) < 4.78 is 53.0. The molecule has 150 valence electrons. The SMILES string of the molecule is O=C(N[C@@H](c1ccc(C(F)(F)F)cc1)c1ncccc1F)c1n[nH]c2c1CCC2. The molecule has 0 saturated heterocycles. The van der Waals surface area contributed by atoms with Gasteiger partial charge < -0.3 is 5.32 Å². The molecule has 0 fully saturated rings. The van der Waals surface area contributed by atoms with E-state index in [1.807, 2.05) is 0 Å². The molecule has 9 heteroatoms. The molecular weight excluding hydrogens is 388 g/mol. The van der Waals surface area contributed by atoms with Gasteiger partial charge in [0.2, 0.25) is 0 Å². The standard InChI is InChI=1S/C20H16F4N4O/c21-14-4-2-10-25-18(14)16(11-6-8-12(9-7-11)20(22,23)24)26-19(29)17-13-3-1-5-15(13)27-28-17/h2,4,6-10,16H,1,3,5H2,(H,26,29)(H,27,28)/t16-/m0/s1. The summed E-state index contributed by atoms with van der Waals surface area (Å²) >= 11 is 0. The number of nitrogens with one attached hydrogen (secondary N) is 2. The van der Waals surface area contributed by atoms with Crippen LogP contribution in [0.15, 0.2) is 42.6 Å². The topological polar surface area (TPSA) is 70.7 Å². The predicted octanol–water partition coefficient (Wildman–Crippen LogP) is 3.97. The van der Waals surface area contributed by atoms with E-state index in [0.717, 1.165) is 36.2 Å². The lowest BCUT2D eigenvalue weighted by molar-refractivity contribution is -0.137. The summed E-state index contributed by atoms with van der Waals surface area (Å²) in [5.74, 6) is -1.22. The van der Waals surface area contributed by atoms with Crippen LogP contribution in [0.1, 0.15) is 51.0 Å². The van der Waals surface area contributed by atoms with Crippen LogP contribution in [0.2, 0.25) is 0 Å². The molecule has 5 nitrogen and oxygen atoms in total. The number of hydrogen-bond acceptors (Lipinski definition) is 3. The molecule has 0 radical (unpaired) electrons. The zero-order valence-electron chi connectivity index (χ0n) is 15.1. The van der Waals surface area contributed by atoms with Crippen LogP contribution in [0, 0.1) is 5.82 Å². The molecule has 1 aliphatic rings. The fraction of sp³-hybridized carbons (Fsp3) is 0.250. The van der Waals surface area contributed by atoms with Gasteiger partial charge in [0.1, 0.15) is 11.5 Å². The zero-order valence-corrected chi connectivity index (χ0v) is 15.1. The summed E-state index contributed by atoms with van der Waals surface area (Å²) in [7, 11) is 0. The monoisotopic (exact) mass is 404 g/mol. The molecule has 0 spiro atoms. The van der Waals surface area contributed by atoms with E-state index in [4.69, 9.17) is 0 Å². The summed E-state index contributed by atoms with van der Waals surface area (Å²) in [5.41, 5.74) is 1.27. The van der Waals surface area contributed by atoms with E-state index in [0.29, 0.717) is 6.42 Å². The fourth-order valence-corrected chi connectivity index (χ4v) is 3.49. The minimum atomic E-state index is -4.50. The Labute approximate surface area is 163 Å². The van der Waals surface area contributed by atoms with E-state index in [1.54, 1.807) is 0 Å². The highest BCUT2D eigenvalue weighted by atomic mass is 19.4. The van der Waals surface area contributed by atoms with Crippen molar-refractivity contribution in [1.82, 2.24) is 20.5 Å². The number of halogens is 4. The number of rotatable bonds is 4. The van der Waals surface area contributed by atoms with Gasteiger partial charge in [-0.3, -0.25) is 14.9 Å². The molecular formula is C20H16F4N4O. The van der Waals surface area contributed by atoms with Crippen LogP contribution in [-0.2, 0) is 19.0 Å². The number of amides is 1. The number of aromatic nitrogens is 3. The number of aromatic amines is 1. The van der Waals surface area contributed by atoms with Crippen molar-refractivity contribution >= 4 is 5.91 Å². The number of alkyl halides is 3. The van der Waals surface area contributed by atoms with Crippen molar-refractivity contribution in [2.45, 2.75) is 31.5 Å². The molecule has 0 aliphatic heterocycles. The number of aryl methyl sites for hydroxylation is 1. The van der Waals surface area contributed by atoms with Gasteiger partial charge in [0, 0.05) is 17.5 Å². The Morgan fingerprint density at radius 2 is 1.90 bits per heavy atom. The van der Waals surface area contributed by atoms with E-state index in [1.165, 1.54) is 30.5 Å². The maximum absolute atomic E-state index is 14.4. The molecule has 2 aromatic heterocycles. The lowest BCUT2D eigenvalue weighted by Gasteiger charge is -2.20. The molecule has 0 saturated carbocycles. The van der Waals surface area contributed by atoms with Gasteiger partial charge in [-0.15, -0.1) is 0 Å². The summed E-state index contributed by atoms with van der Waals surface area (Å²) in [5, 5.41) is 9.55. The first-order valence-electron chi connectivity index (χ1n) is 8.99. The number of fused-ring (bicyclic) bond motifs is 1. The van der Waals surface area contributed by atoms with E-state index in [2.05, 4.69) is 20.5 Å². The van der Waals surface area contributed by atoms with Crippen LogP contribution in [0.25, 0.3) is 0 Å². The third-order valence-corrected chi connectivity index (χ3v) is 4.93. The Hall–Kier alpha value is -3.23. The van der Waals surface area contributed by atoms with Crippen LogP contribution in [-0.4, -0.2) is 21.1 Å². The van der Waals surface area contributed by atoms with E-state index in [9.17, 15) is 22.4 Å². The highest BCUT2D eigenvalue weighted by molar-refractivity contribution is 5.94. The van der Waals surface area contributed by atoms with Gasteiger partial charge in [-0.1, -0.05) is 12.1 Å². The van der Waals surface area contributed by atoms with Gasteiger partial charge in [-0.25, -0.2) is 4.39 Å². The van der Waals surface area contributed by atoms with Crippen molar-refractivity contribution in [3.63, 3.8) is 0 Å². The number of pyridine rings is 1. The van der Waals surface area contributed by atoms with Crippen LogP contribution in [0.5, 0.6) is 0 Å². The van der Waals surface area contributed by atoms with Crippen molar-refractivity contribution < 1.29 is 22.4 Å². The van der Waals surface area contributed by atoms with Gasteiger partial charge in [-0.05, 0) is 49.1 Å². The number of carbonyl (C=O) groups excluding carboxylic acids is 1. The number of H-pyrrole nitrogens is 1. The first kappa shape index (κ1) is 19.1. The minimum Gasteiger partial charge on any atom is -0.338 e. The second-order valence-corrected chi connectivity index (χ2v) is 6.78. The van der Waals surface area contributed by atoms with Gasteiger partial charge in [0.25, 0.3) is 5.91 Å². The Morgan fingerprint density at radius 1 is 1.14 bits per heavy atom. The summed E-state index contributed by atoms with van der Waals surface area (Å²) in [6, 6.07) is 5.69. The highest BCUT2D eigenvalue weighted by Crippen LogP contribution is 2.31. The molecule has 1 atom stereocenters. The Morgan fingerprint density at radius 3 is 2.59 bits per heavy atom. The quantitative estimate of drug-likeness (QED) is 0.647. The minimum absolute atomic E-state index is 0.0900. The van der Waals surface area contributed by atoms with Crippen LogP contribution in [0.3, 0.4) is 0 Å². The van der Waals surface area contributed by atoms with E-state index < -0.39 is 29.5 Å². The molecule has 2 N–H and O–H groups in total. The summed E-state index contributed by atoms with van der Waals surface area (Å²) in [4.78, 5) is 16.8. The molecule has 4 rings (SSSR count). The third-order valence-electron chi connectivity index (χ3n) is 4.93. The van der Waals surface area contributed by atoms with Crippen LogP contribution < -0.4 is 5.32 Å². The largest absolute Gasteiger partial charge is 0.416 e. The van der Waals surface area contributed by atoms with Crippen molar-refractivity contribution in [2.75, 3.05) is 0 Å². The normalized spacial score (nSPS) is 14.5. The highest BCUT2D eigenvalue weighted by Gasteiger charge is 2.31. The summed E-state index contributed by atoms with van der Waals surface area (Å²) in [6.45, 7) is 0. The van der Waals surface area contributed by atoms with Gasteiger partial charge >= 0.3 is 6.18 Å². The van der Waals surface area contributed by atoms with Crippen molar-refractivity contribution in [3.8, 4) is 0 Å². The maximum Gasteiger partial charge on any atom is 0.416 e. The Bertz CT molecular complexity index is 1040. The molecule has 0 unspecified atom stereocenters. The fourth-order valence-electron chi connectivity index (χ4n) is 3.49.